The third kappa shape index (κ3) is 7.89. The first-order chi connectivity index (χ1) is 7.65. The van der Waals surface area contributed by atoms with Crippen LogP contribution in [-0.4, -0.2) is 12.0 Å². The molecule has 0 heterocycles. The van der Waals surface area contributed by atoms with E-state index in [9.17, 15) is 0 Å². The lowest BCUT2D eigenvalue weighted by Gasteiger charge is -2.24. The largest absolute Gasteiger partial charge is 0.0976 e. The van der Waals surface area contributed by atoms with Crippen LogP contribution in [-0.2, 0) is 0 Å². The highest BCUT2D eigenvalue weighted by molar-refractivity contribution is 8.76. The van der Waals surface area contributed by atoms with E-state index in [1.807, 2.05) is 21.6 Å². The minimum Gasteiger partial charge on any atom is -0.0976 e. The summed E-state index contributed by atoms with van der Waals surface area (Å²) in [6.07, 6.45) is 9.13. The Morgan fingerprint density at radius 2 is 1.75 bits per heavy atom. The van der Waals surface area contributed by atoms with Crippen molar-refractivity contribution in [1.29, 1.82) is 0 Å². The van der Waals surface area contributed by atoms with E-state index in [2.05, 4.69) is 34.0 Å². The molecule has 98 valence electrons. The summed E-state index contributed by atoms with van der Waals surface area (Å²) in [5.74, 6) is 4.08. The molecule has 0 aromatic heterocycles. The lowest BCUT2D eigenvalue weighted by atomic mass is 9.84. The van der Waals surface area contributed by atoms with Gasteiger partial charge in [-0.25, -0.2) is 0 Å². The van der Waals surface area contributed by atoms with Crippen LogP contribution in [0.1, 0.15) is 59.8 Å². The molecule has 0 aromatic carbocycles. The first-order valence-corrected chi connectivity index (χ1v) is 9.53. The molecule has 0 amide bonds. The van der Waals surface area contributed by atoms with E-state index in [0.29, 0.717) is 0 Å². The Morgan fingerprint density at radius 1 is 1.06 bits per heavy atom. The summed E-state index contributed by atoms with van der Waals surface area (Å²) < 4.78 is 0. The van der Waals surface area contributed by atoms with E-state index < -0.39 is 0 Å². The molecule has 0 spiro atoms. The van der Waals surface area contributed by atoms with Crippen LogP contribution in [0, 0.1) is 17.8 Å². The number of unbranched alkanes of at least 4 members (excludes halogenated alkanes) is 1. The van der Waals surface area contributed by atoms with Gasteiger partial charge in [0.1, 0.15) is 0 Å². The van der Waals surface area contributed by atoms with Gasteiger partial charge in [-0.3, -0.25) is 0 Å². The molecule has 2 heteroatoms. The molecule has 0 aliphatic rings. The summed E-state index contributed by atoms with van der Waals surface area (Å²) >= 11 is 0. The predicted octanol–water partition coefficient (Wildman–Crippen LogP) is 5.88. The Hall–Kier alpha value is 0.700. The predicted molar refractivity (Wildman–Crippen MR) is 82.2 cm³/mol. The summed E-state index contributed by atoms with van der Waals surface area (Å²) in [4.78, 5) is 0. The molecule has 16 heavy (non-hydrogen) atoms. The summed E-state index contributed by atoms with van der Waals surface area (Å²) in [6.45, 7) is 9.53. The van der Waals surface area contributed by atoms with Gasteiger partial charge in [-0.15, -0.1) is 0 Å². The quantitative estimate of drug-likeness (QED) is 0.451. The van der Waals surface area contributed by atoms with Crippen LogP contribution in [0.3, 0.4) is 0 Å². The van der Waals surface area contributed by atoms with Gasteiger partial charge in [-0.05, 0) is 30.4 Å². The van der Waals surface area contributed by atoms with E-state index in [-0.39, 0.29) is 0 Å². The van der Waals surface area contributed by atoms with Gasteiger partial charge in [0.25, 0.3) is 0 Å². The van der Waals surface area contributed by atoms with Gasteiger partial charge >= 0.3 is 0 Å². The van der Waals surface area contributed by atoms with Crippen molar-refractivity contribution in [2.75, 3.05) is 12.0 Å². The van der Waals surface area contributed by atoms with Crippen LogP contribution in [0.4, 0.5) is 0 Å². The van der Waals surface area contributed by atoms with Crippen molar-refractivity contribution in [2.24, 2.45) is 17.8 Å². The average Bonchev–Trinajstić information content (AvgIpc) is 2.30. The molecule has 0 aromatic rings. The highest BCUT2D eigenvalue weighted by Gasteiger charge is 2.16. The average molecular weight is 263 g/mol. The Morgan fingerprint density at radius 3 is 2.25 bits per heavy atom. The number of rotatable bonds is 10. The molecular weight excluding hydrogens is 232 g/mol. The van der Waals surface area contributed by atoms with Gasteiger partial charge in [0, 0.05) is 5.75 Å². The maximum absolute atomic E-state index is 2.45. The lowest BCUT2D eigenvalue weighted by molar-refractivity contribution is 0.293. The van der Waals surface area contributed by atoms with Crippen LogP contribution in [0.5, 0.6) is 0 Å². The van der Waals surface area contributed by atoms with Crippen LogP contribution in [0.15, 0.2) is 0 Å². The van der Waals surface area contributed by atoms with Crippen LogP contribution in [0.25, 0.3) is 0 Å². The monoisotopic (exact) mass is 262 g/mol. The molecule has 0 fully saturated rings. The maximum atomic E-state index is 2.45. The smallest absolute Gasteiger partial charge is 0.00652 e. The van der Waals surface area contributed by atoms with E-state index in [1.165, 1.54) is 37.9 Å². The van der Waals surface area contributed by atoms with E-state index >= 15 is 0 Å². The van der Waals surface area contributed by atoms with Gasteiger partial charge in [0.05, 0.1) is 0 Å². The van der Waals surface area contributed by atoms with Crippen molar-refractivity contribution in [3.8, 4) is 0 Å². The minimum atomic E-state index is 0.902. The lowest BCUT2D eigenvalue weighted by Crippen LogP contribution is -2.14. The molecular formula is C14H30S2. The third-order valence-corrected chi connectivity index (χ3v) is 5.65. The van der Waals surface area contributed by atoms with Crippen LogP contribution in [0.2, 0.25) is 0 Å². The molecule has 0 nitrogen and oxygen atoms in total. The number of hydrogen-bond acceptors (Lipinski definition) is 2. The summed E-state index contributed by atoms with van der Waals surface area (Å²) in [6, 6.07) is 0. The van der Waals surface area contributed by atoms with Gasteiger partial charge in [0.2, 0.25) is 0 Å². The second kappa shape index (κ2) is 10.8. The molecule has 3 atom stereocenters. The Labute approximate surface area is 111 Å². The fourth-order valence-electron chi connectivity index (χ4n) is 2.09. The Bertz CT molecular complexity index is 148. The normalized spacial score (nSPS) is 17.1. The van der Waals surface area contributed by atoms with E-state index in [1.54, 1.807) is 0 Å². The third-order valence-electron chi connectivity index (χ3n) is 3.69. The second-order valence-electron chi connectivity index (χ2n) is 5.06. The molecule has 0 rings (SSSR count). The topological polar surface area (TPSA) is 0 Å². The zero-order valence-electron chi connectivity index (χ0n) is 11.8. The molecule has 0 aliphatic carbocycles. The Balaban J connectivity index is 3.83. The Kier molecular flexibility index (Phi) is 11.3. The zero-order valence-corrected chi connectivity index (χ0v) is 13.4. The molecule has 0 aliphatic heterocycles. The second-order valence-corrected chi connectivity index (χ2v) is 7.67. The van der Waals surface area contributed by atoms with Gasteiger partial charge in [0.15, 0.2) is 0 Å². The maximum Gasteiger partial charge on any atom is 0.00652 e. The first-order valence-electron chi connectivity index (χ1n) is 6.81. The molecule has 0 radical (unpaired) electrons. The van der Waals surface area contributed by atoms with Gasteiger partial charge < -0.3 is 0 Å². The highest BCUT2D eigenvalue weighted by Crippen LogP contribution is 2.30. The van der Waals surface area contributed by atoms with E-state index in [0.717, 1.165) is 17.8 Å². The molecule has 0 saturated heterocycles. The summed E-state index contributed by atoms with van der Waals surface area (Å²) in [5.41, 5.74) is 0. The summed E-state index contributed by atoms with van der Waals surface area (Å²) in [5, 5.41) is 0. The molecule has 0 N–H and O–H groups in total. The summed E-state index contributed by atoms with van der Waals surface area (Å²) in [7, 11) is 3.94. The zero-order chi connectivity index (χ0) is 12.4. The molecule has 0 saturated carbocycles. The molecule has 3 unspecified atom stereocenters. The molecule has 0 bridgehead atoms. The van der Waals surface area contributed by atoms with Crippen molar-refractivity contribution in [3.63, 3.8) is 0 Å². The standard InChI is InChI=1S/C14H30S2/c1-6-8-9-12(3)13(4)10-14(7-2)11-16-15-5/h12-14H,6-11H2,1-5H3. The van der Waals surface area contributed by atoms with Crippen molar-refractivity contribution >= 4 is 21.6 Å². The fraction of sp³-hybridized carbons (Fsp3) is 1.00. The van der Waals surface area contributed by atoms with Gasteiger partial charge in [-0.1, -0.05) is 75.0 Å². The van der Waals surface area contributed by atoms with Crippen LogP contribution < -0.4 is 0 Å². The van der Waals surface area contributed by atoms with E-state index in [4.69, 9.17) is 0 Å². The SMILES string of the molecule is CCCCC(C)C(C)CC(CC)CSSC. The number of hydrogen-bond donors (Lipinski definition) is 0. The van der Waals surface area contributed by atoms with Gasteiger partial charge in [-0.2, -0.15) is 0 Å². The highest BCUT2D eigenvalue weighted by atomic mass is 33.1. The fourth-order valence-corrected chi connectivity index (χ4v) is 3.77. The minimum absolute atomic E-state index is 0.902. The van der Waals surface area contributed by atoms with Crippen molar-refractivity contribution in [1.82, 2.24) is 0 Å². The van der Waals surface area contributed by atoms with Crippen molar-refractivity contribution in [2.45, 2.75) is 59.8 Å². The first kappa shape index (κ1) is 16.7. The van der Waals surface area contributed by atoms with Crippen LogP contribution >= 0.6 is 21.6 Å². The van der Waals surface area contributed by atoms with Crippen molar-refractivity contribution in [3.05, 3.63) is 0 Å². The van der Waals surface area contributed by atoms with Crippen molar-refractivity contribution < 1.29 is 0 Å².